The standard InChI is InChI=1S/C11H7BrFNO5/c1-18-10-5(12)2-4(9(15)8(10)13)6-3-7(11(16)17)19-14-6/h2-3,15H,1H3,(H,16,17). The molecule has 0 aliphatic rings. The van der Waals surface area contributed by atoms with Crippen LogP contribution in [0.4, 0.5) is 4.39 Å². The van der Waals surface area contributed by atoms with Gasteiger partial charge in [-0.25, -0.2) is 4.79 Å². The van der Waals surface area contributed by atoms with Crippen molar-refractivity contribution < 1.29 is 28.7 Å². The maximum Gasteiger partial charge on any atom is 0.374 e. The summed E-state index contributed by atoms with van der Waals surface area (Å²) in [6, 6.07) is 2.43. The van der Waals surface area contributed by atoms with Crippen molar-refractivity contribution in [3.05, 3.63) is 28.2 Å². The van der Waals surface area contributed by atoms with Crippen LogP contribution in [0.3, 0.4) is 0 Å². The Kier molecular flexibility index (Phi) is 3.43. The number of aromatic carboxylic acids is 1. The lowest BCUT2D eigenvalue weighted by Gasteiger charge is -2.09. The Morgan fingerprint density at radius 3 is 2.74 bits per heavy atom. The number of methoxy groups -OCH3 is 1. The SMILES string of the molecule is COc1c(Br)cc(-c2cc(C(=O)O)on2)c(O)c1F. The monoisotopic (exact) mass is 331 g/mol. The zero-order chi connectivity index (χ0) is 14.2. The summed E-state index contributed by atoms with van der Waals surface area (Å²) in [5.74, 6) is -3.58. The minimum absolute atomic E-state index is 0.00264. The van der Waals surface area contributed by atoms with Crippen molar-refractivity contribution in [2.24, 2.45) is 0 Å². The fourth-order valence-corrected chi connectivity index (χ4v) is 2.04. The van der Waals surface area contributed by atoms with Crippen LogP contribution >= 0.6 is 15.9 Å². The molecule has 1 aromatic heterocycles. The molecule has 0 spiro atoms. The number of rotatable bonds is 3. The van der Waals surface area contributed by atoms with Gasteiger partial charge in [0.2, 0.25) is 11.6 Å². The average molecular weight is 332 g/mol. The van der Waals surface area contributed by atoms with Gasteiger partial charge in [0.25, 0.3) is 0 Å². The van der Waals surface area contributed by atoms with Gasteiger partial charge in [0.15, 0.2) is 11.5 Å². The Morgan fingerprint density at radius 1 is 1.53 bits per heavy atom. The zero-order valence-electron chi connectivity index (χ0n) is 9.48. The van der Waals surface area contributed by atoms with E-state index in [4.69, 9.17) is 9.84 Å². The van der Waals surface area contributed by atoms with Gasteiger partial charge in [-0.2, -0.15) is 4.39 Å². The van der Waals surface area contributed by atoms with E-state index < -0.39 is 23.3 Å². The van der Waals surface area contributed by atoms with Crippen molar-refractivity contribution in [2.75, 3.05) is 7.11 Å². The topological polar surface area (TPSA) is 92.8 Å². The molecule has 1 aromatic carbocycles. The van der Waals surface area contributed by atoms with E-state index >= 15 is 0 Å². The van der Waals surface area contributed by atoms with Crippen molar-refractivity contribution in [3.8, 4) is 22.8 Å². The van der Waals surface area contributed by atoms with E-state index in [9.17, 15) is 14.3 Å². The highest BCUT2D eigenvalue weighted by atomic mass is 79.9. The number of carbonyl (C=O) groups is 1. The number of aromatic hydroxyl groups is 1. The molecule has 2 N–H and O–H groups in total. The van der Waals surface area contributed by atoms with Crippen molar-refractivity contribution in [1.82, 2.24) is 5.16 Å². The number of hydrogen-bond acceptors (Lipinski definition) is 5. The molecule has 2 aromatic rings. The summed E-state index contributed by atoms with van der Waals surface area (Å²) in [6.45, 7) is 0. The van der Waals surface area contributed by atoms with Gasteiger partial charge >= 0.3 is 5.97 Å². The molecule has 0 bridgehead atoms. The first-order valence-corrected chi connectivity index (χ1v) is 5.70. The van der Waals surface area contributed by atoms with E-state index in [1.54, 1.807) is 0 Å². The van der Waals surface area contributed by atoms with Crippen molar-refractivity contribution in [2.45, 2.75) is 0 Å². The normalized spacial score (nSPS) is 10.5. The van der Waals surface area contributed by atoms with Gasteiger partial charge in [0.1, 0.15) is 5.69 Å². The highest BCUT2D eigenvalue weighted by Crippen LogP contribution is 2.41. The third kappa shape index (κ3) is 2.26. The molecule has 0 amide bonds. The summed E-state index contributed by atoms with van der Waals surface area (Å²) in [4.78, 5) is 10.7. The first-order chi connectivity index (χ1) is 8.95. The van der Waals surface area contributed by atoms with E-state index in [1.165, 1.54) is 13.2 Å². The number of phenolic OH excluding ortho intramolecular Hbond substituents is 1. The summed E-state index contributed by atoms with van der Waals surface area (Å²) >= 11 is 3.07. The summed E-state index contributed by atoms with van der Waals surface area (Å²) in [5.41, 5.74) is -0.0152. The van der Waals surface area contributed by atoms with Gasteiger partial charge in [-0.15, -0.1) is 0 Å². The molecule has 2 rings (SSSR count). The number of phenols is 1. The van der Waals surface area contributed by atoms with Gasteiger partial charge in [0.05, 0.1) is 17.1 Å². The molecule has 0 saturated heterocycles. The number of carboxylic acid groups (broad SMARTS) is 1. The minimum atomic E-state index is -1.31. The molecule has 1 heterocycles. The lowest BCUT2D eigenvalue weighted by atomic mass is 10.1. The third-order valence-corrected chi connectivity index (χ3v) is 2.94. The average Bonchev–Trinajstić information content (AvgIpc) is 2.84. The molecular weight excluding hydrogens is 325 g/mol. The number of halogens is 2. The Hall–Kier alpha value is -2.09. The fraction of sp³-hybridized carbons (Fsp3) is 0.0909. The molecular formula is C11H7BrFNO5. The molecule has 0 unspecified atom stereocenters. The first kappa shape index (κ1) is 13.3. The van der Waals surface area contributed by atoms with Crippen LogP contribution in [0.25, 0.3) is 11.3 Å². The molecule has 19 heavy (non-hydrogen) atoms. The Morgan fingerprint density at radius 2 is 2.21 bits per heavy atom. The van der Waals surface area contributed by atoms with Crippen LogP contribution in [0.5, 0.6) is 11.5 Å². The molecule has 0 atom stereocenters. The van der Waals surface area contributed by atoms with Crippen molar-refractivity contribution in [1.29, 1.82) is 0 Å². The van der Waals surface area contributed by atoms with Gasteiger partial charge in [-0.3, -0.25) is 0 Å². The number of carboxylic acids is 1. The lowest BCUT2D eigenvalue weighted by Crippen LogP contribution is -1.93. The summed E-state index contributed by atoms with van der Waals surface area (Å²) in [6.07, 6.45) is 0. The second kappa shape index (κ2) is 4.88. The van der Waals surface area contributed by atoms with E-state index in [0.29, 0.717) is 0 Å². The number of aromatic nitrogens is 1. The number of benzene rings is 1. The van der Waals surface area contributed by atoms with Crippen LogP contribution in [0.15, 0.2) is 21.1 Å². The maximum atomic E-state index is 13.8. The van der Waals surface area contributed by atoms with Gasteiger partial charge in [-0.1, -0.05) is 5.16 Å². The molecule has 0 radical (unpaired) electrons. The van der Waals surface area contributed by atoms with Gasteiger partial charge < -0.3 is 19.5 Å². The molecule has 0 fully saturated rings. The summed E-state index contributed by atoms with van der Waals surface area (Å²) in [5, 5.41) is 21.9. The third-order valence-electron chi connectivity index (χ3n) is 2.35. The molecule has 8 heteroatoms. The van der Waals surface area contributed by atoms with Crippen LogP contribution in [0.1, 0.15) is 10.6 Å². The number of ether oxygens (including phenoxy) is 1. The molecule has 0 aliphatic heterocycles. The van der Waals surface area contributed by atoms with E-state index in [2.05, 4.69) is 25.6 Å². The number of hydrogen-bond donors (Lipinski definition) is 2. The molecule has 0 saturated carbocycles. The quantitative estimate of drug-likeness (QED) is 0.898. The number of nitrogens with zero attached hydrogens (tertiary/aromatic N) is 1. The largest absolute Gasteiger partial charge is 0.504 e. The van der Waals surface area contributed by atoms with Crippen LogP contribution in [0.2, 0.25) is 0 Å². The van der Waals surface area contributed by atoms with Crippen molar-refractivity contribution in [3.63, 3.8) is 0 Å². The molecule has 100 valence electrons. The van der Waals surface area contributed by atoms with Crippen LogP contribution < -0.4 is 4.74 Å². The smallest absolute Gasteiger partial charge is 0.374 e. The molecule has 6 nitrogen and oxygen atoms in total. The van der Waals surface area contributed by atoms with Crippen LogP contribution in [0, 0.1) is 5.82 Å². The maximum absolute atomic E-state index is 13.8. The predicted molar refractivity (Wildman–Crippen MR) is 64.8 cm³/mol. The summed E-state index contributed by atoms with van der Waals surface area (Å²) in [7, 11) is 1.25. The second-order valence-corrected chi connectivity index (χ2v) is 4.34. The van der Waals surface area contributed by atoms with Crippen molar-refractivity contribution >= 4 is 21.9 Å². The first-order valence-electron chi connectivity index (χ1n) is 4.91. The summed E-state index contributed by atoms with van der Waals surface area (Å²) < 4.78 is 23.4. The highest BCUT2D eigenvalue weighted by molar-refractivity contribution is 9.10. The van der Waals surface area contributed by atoms with Gasteiger partial charge in [0, 0.05) is 6.07 Å². The lowest BCUT2D eigenvalue weighted by molar-refractivity contribution is 0.0652. The minimum Gasteiger partial charge on any atom is -0.504 e. The fourth-order valence-electron chi connectivity index (χ4n) is 1.48. The van der Waals surface area contributed by atoms with Gasteiger partial charge in [-0.05, 0) is 22.0 Å². The van der Waals surface area contributed by atoms with E-state index in [1.807, 2.05) is 0 Å². The van der Waals surface area contributed by atoms with E-state index in [0.717, 1.165) is 6.07 Å². The Labute approximate surface area is 114 Å². The van der Waals surface area contributed by atoms with Crippen LogP contribution in [-0.4, -0.2) is 28.4 Å². The molecule has 0 aliphatic carbocycles. The zero-order valence-corrected chi connectivity index (χ0v) is 11.1. The highest BCUT2D eigenvalue weighted by Gasteiger charge is 2.21. The predicted octanol–water partition coefficient (Wildman–Crippen LogP) is 2.66. The second-order valence-electron chi connectivity index (χ2n) is 3.48. The Bertz CT molecular complexity index is 655. The Balaban J connectivity index is 2.59. The van der Waals surface area contributed by atoms with Crippen LogP contribution in [-0.2, 0) is 0 Å². The van der Waals surface area contributed by atoms with E-state index in [-0.39, 0.29) is 21.5 Å².